The zero-order valence-corrected chi connectivity index (χ0v) is 8.67. The molecule has 0 amide bonds. The fraction of sp³-hybridized carbons (Fsp3) is 0.0909. The quantitative estimate of drug-likeness (QED) is 0.846. The molecule has 0 aliphatic heterocycles. The number of carboxylic acids is 1. The summed E-state index contributed by atoms with van der Waals surface area (Å²) in [6, 6.07) is 5.65. The molecule has 2 aromatic rings. The highest BCUT2D eigenvalue weighted by atomic mass is 19.1. The largest absolute Gasteiger partial charge is 0.493 e. The van der Waals surface area contributed by atoms with Crippen molar-refractivity contribution in [3.8, 4) is 5.88 Å². The maximum atomic E-state index is 12.7. The Labute approximate surface area is 95.7 Å². The van der Waals surface area contributed by atoms with Gasteiger partial charge in [0.2, 0.25) is 5.88 Å². The molecule has 6 heteroatoms. The third-order valence-corrected chi connectivity index (χ3v) is 2.29. The number of aromatic nitrogens is 2. The number of rotatable bonds is 3. The molecule has 0 unspecified atom stereocenters. The van der Waals surface area contributed by atoms with Gasteiger partial charge in [-0.1, -0.05) is 12.1 Å². The third-order valence-electron chi connectivity index (χ3n) is 2.29. The van der Waals surface area contributed by atoms with Crippen LogP contribution in [0.2, 0.25) is 0 Å². The predicted octanol–water partition coefficient (Wildman–Crippen LogP) is 1.47. The van der Waals surface area contributed by atoms with Crippen molar-refractivity contribution in [2.75, 3.05) is 0 Å². The lowest BCUT2D eigenvalue weighted by atomic mass is 10.2. The second-order valence-electron chi connectivity index (χ2n) is 3.47. The summed E-state index contributed by atoms with van der Waals surface area (Å²) in [6.45, 7) is 0.180. The van der Waals surface area contributed by atoms with E-state index in [4.69, 9.17) is 5.11 Å². The van der Waals surface area contributed by atoms with Crippen LogP contribution in [0.25, 0.3) is 0 Å². The second kappa shape index (κ2) is 4.25. The molecule has 5 nitrogen and oxygen atoms in total. The first-order valence-electron chi connectivity index (χ1n) is 4.80. The van der Waals surface area contributed by atoms with Crippen LogP contribution in [0.15, 0.2) is 30.5 Å². The highest BCUT2D eigenvalue weighted by Crippen LogP contribution is 2.17. The standard InChI is InChI=1S/C11H9FN2O3/c12-8-3-1-7(2-4-8)6-14-10(15)9(5-13-14)11(16)17/h1-5,15H,6H2,(H,16,17). The fourth-order valence-electron chi connectivity index (χ4n) is 1.41. The maximum absolute atomic E-state index is 12.7. The number of halogens is 1. The van der Waals surface area contributed by atoms with Crippen molar-refractivity contribution >= 4 is 5.97 Å². The van der Waals surface area contributed by atoms with Crippen LogP contribution in [-0.2, 0) is 6.54 Å². The first-order valence-corrected chi connectivity index (χ1v) is 4.80. The topological polar surface area (TPSA) is 75.3 Å². The average molecular weight is 236 g/mol. The summed E-state index contributed by atoms with van der Waals surface area (Å²) < 4.78 is 13.8. The summed E-state index contributed by atoms with van der Waals surface area (Å²) in [5.41, 5.74) is 0.453. The first kappa shape index (κ1) is 11.1. The van der Waals surface area contributed by atoms with Crippen molar-refractivity contribution < 1.29 is 19.4 Å². The van der Waals surface area contributed by atoms with Gasteiger partial charge in [0.15, 0.2) is 0 Å². The highest BCUT2D eigenvalue weighted by molar-refractivity contribution is 5.89. The molecule has 0 aliphatic carbocycles. The van der Waals surface area contributed by atoms with Crippen molar-refractivity contribution in [1.29, 1.82) is 0 Å². The molecule has 0 bridgehead atoms. The van der Waals surface area contributed by atoms with Crippen molar-refractivity contribution in [2.24, 2.45) is 0 Å². The van der Waals surface area contributed by atoms with Gasteiger partial charge in [0.25, 0.3) is 0 Å². The predicted molar refractivity (Wildman–Crippen MR) is 56.4 cm³/mol. The van der Waals surface area contributed by atoms with Gasteiger partial charge in [-0.2, -0.15) is 5.10 Å². The van der Waals surface area contributed by atoms with Crippen molar-refractivity contribution in [3.63, 3.8) is 0 Å². The number of benzene rings is 1. The summed E-state index contributed by atoms with van der Waals surface area (Å²) in [6.07, 6.45) is 1.07. The molecule has 0 fully saturated rings. The lowest BCUT2D eigenvalue weighted by Gasteiger charge is -2.03. The number of hydrogen-bond acceptors (Lipinski definition) is 3. The number of nitrogens with zero attached hydrogens (tertiary/aromatic N) is 2. The van der Waals surface area contributed by atoms with E-state index in [1.54, 1.807) is 0 Å². The normalized spacial score (nSPS) is 10.4. The Bertz CT molecular complexity index is 548. The molecule has 0 aliphatic rings. The Kier molecular flexibility index (Phi) is 2.78. The van der Waals surface area contributed by atoms with E-state index in [2.05, 4.69) is 5.10 Å². The van der Waals surface area contributed by atoms with Gasteiger partial charge in [0.1, 0.15) is 11.4 Å². The molecule has 2 rings (SSSR count). The van der Waals surface area contributed by atoms with Gasteiger partial charge in [-0.15, -0.1) is 0 Å². The SMILES string of the molecule is O=C(O)c1cnn(Cc2ccc(F)cc2)c1O. The molecular weight excluding hydrogens is 227 g/mol. The van der Waals surface area contributed by atoms with Crippen LogP contribution < -0.4 is 0 Å². The Morgan fingerprint density at radius 3 is 2.53 bits per heavy atom. The van der Waals surface area contributed by atoms with Gasteiger partial charge in [-0.05, 0) is 17.7 Å². The summed E-state index contributed by atoms with van der Waals surface area (Å²) >= 11 is 0. The molecule has 0 atom stereocenters. The minimum Gasteiger partial charge on any atom is -0.493 e. The molecular formula is C11H9FN2O3. The van der Waals surface area contributed by atoms with Crippen LogP contribution >= 0.6 is 0 Å². The van der Waals surface area contributed by atoms with E-state index < -0.39 is 11.8 Å². The van der Waals surface area contributed by atoms with Crippen LogP contribution in [0.1, 0.15) is 15.9 Å². The summed E-state index contributed by atoms with van der Waals surface area (Å²) in [5, 5.41) is 22.0. The highest BCUT2D eigenvalue weighted by Gasteiger charge is 2.15. The van der Waals surface area contributed by atoms with Gasteiger partial charge in [-0.25, -0.2) is 13.9 Å². The maximum Gasteiger partial charge on any atom is 0.342 e. The molecule has 17 heavy (non-hydrogen) atoms. The monoisotopic (exact) mass is 236 g/mol. The fourth-order valence-corrected chi connectivity index (χ4v) is 1.41. The van der Waals surface area contributed by atoms with E-state index in [1.165, 1.54) is 24.3 Å². The molecule has 0 radical (unpaired) electrons. The van der Waals surface area contributed by atoms with E-state index in [1.807, 2.05) is 0 Å². The molecule has 0 spiro atoms. The molecule has 2 N–H and O–H groups in total. The van der Waals surface area contributed by atoms with Gasteiger partial charge in [-0.3, -0.25) is 0 Å². The Hall–Kier alpha value is -2.37. The van der Waals surface area contributed by atoms with E-state index in [0.717, 1.165) is 10.9 Å². The van der Waals surface area contributed by atoms with Gasteiger partial charge < -0.3 is 10.2 Å². The zero-order chi connectivity index (χ0) is 12.4. The van der Waals surface area contributed by atoms with Crippen molar-refractivity contribution in [2.45, 2.75) is 6.54 Å². The second-order valence-corrected chi connectivity index (χ2v) is 3.47. The van der Waals surface area contributed by atoms with Crippen LogP contribution in [0, 0.1) is 5.82 Å². The molecule has 1 aromatic carbocycles. The van der Waals surface area contributed by atoms with Gasteiger partial charge in [0, 0.05) is 0 Å². The van der Waals surface area contributed by atoms with Gasteiger partial charge in [0.05, 0.1) is 12.7 Å². The number of hydrogen-bond donors (Lipinski definition) is 2. The molecule has 1 aromatic heterocycles. The lowest BCUT2D eigenvalue weighted by molar-refractivity contribution is 0.0693. The summed E-state index contributed by atoms with van der Waals surface area (Å²) in [7, 11) is 0. The average Bonchev–Trinajstić information content (AvgIpc) is 2.64. The Balaban J connectivity index is 2.24. The van der Waals surface area contributed by atoms with Crippen LogP contribution in [0.5, 0.6) is 5.88 Å². The first-order chi connectivity index (χ1) is 8.08. The van der Waals surface area contributed by atoms with E-state index >= 15 is 0 Å². The minimum atomic E-state index is -1.24. The van der Waals surface area contributed by atoms with Crippen molar-refractivity contribution in [1.82, 2.24) is 9.78 Å². The Morgan fingerprint density at radius 2 is 2.00 bits per heavy atom. The van der Waals surface area contributed by atoms with Crippen LogP contribution in [0.3, 0.4) is 0 Å². The molecule has 0 saturated heterocycles. The van der Waals surface area contributed by atoms with Crippen LogP contribution in [0.4, 0.5) is 4.39 Å². The van der Waals surface area contributed by atoms with Crippen LogP contribution in [-0.4, -0.2) is 26.0 Å². The van der Waals surface area contributed by atoms with Crippen molar-refractivity contribution in [3.05, 3.63) is 47.4 Å². The van der Waals surface area contributed by atoms with E-state index in [0.29, 0.717) is 5.56 Å². The number of aromatic hydroxyl groups is 1. The van der Waals surface area contributed by atoms with Gasteiger partial charge >= 0.3 is 5.97 Å². The smallest absolute Gasteiger partial charge is 0.342 e. The summed E-state index contributed by atoms with van der Waals surface area (Å²) in [5.74, 6) is -2.01. The molecule has 0 saturated carbocycles. The number of aromatic carboxylic acids is 1. The third kappa shape index (κ3) is 2.25. The Morgan fingerprint density at radius 1 is 1.35 bits per heavy atom. The lowest BCUT2D eigenvalue weighted by Crippen LogP contribution is -2.02. The minimum absolute atomic E-state index is 0.180. The summed E-state index contributed by atoms with van der Waals surface area (Å²) in [4.78, 5) is 10.7. The van der Waals surface area contributed by atoms with E-state index in [-0.39, 0.29) is 17.9 Å². The number of carboxylic acid groups (broad SMARTS) is 1. The van der Waals surface area contributed by atoms with E-state index in [9.17, 15) is 14.3 Å². The molecule has 1 heterocycles. The zero-order valence-electron chi connectivity index (χ0n) is 8.67. The number of carbonyl (C=O) groups is 1. The molecule has 88 valence electrons.